The molecule has 0 aliphatic rings. The molecule has 0 amide bonds. The van der Waals surface area contributed by atoms with Gasteiger partial charge >= 0.3 is 17.9 Å². The first-order valence-corrected chi connectivity index (χ1v) is 23.8. The number of allylic oxidation sites excluding steroid dienone is 10. The van der Waals surface area contributed by atoms with Crippen LogP contribution in [0, 0.1) is 0 Å². The van der Waals surface area contributed by atoms with Gasteiger partial charge in [-0.1, -0.05) is 191 Å². The van der Waals surface area contributed by atoms with Crippen LogP contribution < -0.4 is 0 Å². The summed E-state index contributed by atoms with van der Waals surface area (Å²) >= 11 is 0. The highest BCUT2D eigenvalue weighted by Gasteiger charge is 2.19. The van der Waals surface area contributed by atoms with E-state index in [-0.39, 0.29) is 31.1 Å². The first-order chi connectivity index (χ1) is 28.0. The first kappa shape index (κ1) is 54.1. The van der Waals surface area contributed by atoms with E-state index < -0.39 is 6.10 Å². The molecule has 1 unspecified atom stereocenters. The second-order valence-corrected chi connectivity index (χ2v) is 15.6. The molecule has 0 spiro atoms. The van der Waals surface area contributed by atoms with Gasteiger partial charge in [0.2, 0.25) is 0 Å². The van der Waals surface area contributed by atoms with Crippen molar-refractivity contribution < 1.29 is 28.6 Å². The maximum absolute atomic E-state index is 12.7. The molecule has 0 N–H and O–H groups in total. The Labute approximate surface area is 351 Å². The molecule has 0 radical (unpaired) electrons. The van der Waals surface area contributed by atoms with Gasteiger partial charge in [-0.3, -0.25) is 14.4 Å². The van der Waals surface area contributed by atoms with Crippen LogP contribution in [0.25, 0.3) is 0 Å². The molecule has 1 atom stereocenters. The molecule has 0 rings (SSSR count). The van der Waals surface area contributed by atoms with Gasteiger partial charge in [-0.2, -0.15) is 0 Å². The zero-order valence-corrected chi connectivity index (χ0v) is 37.3. The summed E-state index contributed by atoms with van der Waals surface area (Å²) in [5.74, 6) is -0.923. The Morgan fingerprint density at radius 2 is 0.684 bits per heavy atom. The molecule has 0 aromatic rings. The molecule has 0 heterocycles. The SMILES string of the molecule is CC/C=C\C/C=C\C/C=C\CCCCCCC(=O)OCC(COC(=O)CCCCCCC/C=C\C/C=C\CC)OC(=O)CCCCCCCCCCCCCCC. The highest BCUT2D eigenvalue weighted by molar-refractivity contribution is 5.71. The molecule has 0 aromatic carbocycles. The standard InChI is InChI=1S/C51H88O6/c1-4-7-10-13-16-19-22-25-27-29-32-35-38-41-44-50(53)56-47-48(46-55-49(52)43-40-37-34-31-28-24-21-18-15-12-9-6-3)57-51(54)45-42-39-36-33-30-26-23-20-17-14-11-8-5-2/h7,9-10,12,16,18-19,21,25,27,48H,4-6,8,11,13-15,17,20,22-24,26,28-47H2,1-3H3/b10-7-,12-9-,19-16-,21-18-,27-25-. The third kappa shape index (κ3) is 44.1. The molecular weight excluding hydrogens is 709 g/mol. The largest absolute Gasteiger partial charge is 0.462 e. The molecule has 57 heavy (non-hydrogen) atoms. The molecule has 0 aromatic heterocycles. The Morgan fingerprint density at radius 3 is 1.07 bits per heavy atom. The molecular formula is C51H88O6. The maximum Gasteiger partial charge on any atom is 0.306 e. The van der Waals surface area contributed by atoms with E-state index in [4.69, 9.17) is 14.2 Å². The molecule has 0 saturated carbocycles. The molecule has 0 aliphatic carbocycles. The van der Waals surface area contributed by atoms with Crippen LogP contribution >= 0.6 is 0 Å². The van der Waals surface area contributed by atoms with Crippen molar-refractivity contribution in [1.82, 2.24) is 0 Å². The van der Waals surface area contributed by atoms with Crippen molar-refractivity contribution >= 4 is 17.9 Å². The lowest BCUT2D eigenvalue weighted by molar-refractivity contribution is -0.167. The Kier molecular flexibility index (Phi) is 43.5. The van der Waals surface area contributed by atoms with E-state index in [0.29, 0.717) is 19.3 Å². The van der Waals surface area contributed by atoms with Gasteiger partial charge in [-0.15, -0.1) is 0 Å². The average Bonchev–Trinajstić information content (AvgIpc) is 3.21. The third-order valence-corrected chi connectivity index (χ3v) is 10.0. The highest BCUT2D eigenvalue weighted by Crippen LogP contribution is 2.14. The fraction of sp³-hybridized carbons (Fsp3) is 0.745. The van der Waals surface area contributed by atoms with Crippen LogP contribution in [0.4, 0.5) is 0 Å². The van der Waals surface area contributed by atoms with Gasteiger partial charge < -0.3 is 14.2 Å². The lowest BCUT2D eigenvalue weighted by Gasteiger charge is -2.18. The Bertz CT molecular complexity index is 1050. The number of hydrogen-bond acceptors (Lipinski definition) is 6. The molecule has 0 saturated heterocycles. The van der Waals surface area contributed by atoms with Crippen LogP contribution in [-0.4, -0.2) is 37.2 Å². The minimum atomic E-state index is -0.785. The van der Waals surface area contributed by atoms with Crippen LogP contribution in [0.5, 0.6) is 0 Å². The fourth-order valence-corrected chi connectivity index (χ4v) is 6.49. The topological polar surface area (TPSA) is 78.9 Å². The third-order valence-electron chi connectivity index (χ3n) is 10.0. The van der Waals surface area contributed by atoms with Crippen LogP contribution in [0.15, 0.2) is 60.8 Å². The monoisotopic (exact) mass is 797 g/mol. The van der Waals surface area contributed by atoms with Crippen molar-refractivity contribution in [2.75, 3.05) is 13.2 Å². The smallest absolute Gasteiger partial charge is 0.306 e. The molecule has 328 valence electrons. The van der Waals surface area contributed by atoms with Gasteiger partial charge in [-0.05, 0) is 77.0 Å². The second-order valence-electron chi connectivity index (χ2n) is 15.6. The molecule has 0 bridgehead atoms. The van der Waals surface area contributed by atoms with E-state index in [0.717, 1.165) is 122 Å². The molecule has 0 fully saturated rings. The number of carbonyl (C=O) groups is 3. The number of rotatable bonds is 42. The predicted octanol–water partition coefficient (Wildman–Crippen LogP) is 15.3. The van der Waals surface area contributed by atoms with E-state index in [9.17, 15) is 14.4 Å². The summed E-state index contributed by atoms with van der Waals surface area (Å²) in [7, 11) is 0. The summed E-state index contributed by atoms with van der Waals surface area (Å²) in [6, 6.07) is 0. The molecule has 0 aliphatic heterocycles. The summed E-state index contributed by atoms with van der Waals surface area (Å²) in [5.41, 5.74) is 0. The highest BCUT2D eigenvalue weighted by atomic mass is 16.6. The van der Waals surface area contributed by atoms with Crippen LogP contribution in [-0.2, 0) is 28.6 Å². The average molecular weight is 797 g/mol. The van der Waals surface area contributed by atoms with E-state index in [1.54, 1.807) is 0 Å². The number of hydrogen-bond donors (Lipinski definition) is 0. The zero-order valence-electron chi connectivity index (χ0n) is 37.3. The molecule has 6 nitrogen and oxygen atoms in total. The van der Waals surface area contributed by atoms with E-state index in [2.05, 4.69) is 81.5 Å². The Balaban J connectivity index is 4.42. The Morgan fingerprint density at radius 1 is 0.368 bits per heavy atom. The van der Waals surface area contributed by atoms with Crippen molar-refractivity contribution in [3.63, 3.8) is 0 Å². The van der Waals surface area contributed by atoms with Crippen LogP contribution in [0.3, 0.4) is 0 Å². The minimum absolute atomic E-state index is 0.0878. The lowest BCUT2D eigenvalue weighted by atomic mass is 10.0. The first-order valence-electron chi connectivity index (χ1n) is 23.8. The van der Waals surface area contributed by atoms with Crippen molar-refractivity contribution in [3.8, 4) is 0 Å². The van der Waals surface area contributed by atoms with Crippen molar-refractivity contribution in [2.24, 2.45) is 0 Å². The van der Waals surface area contributed by atoms with E-state index in [1.807, 2.05) is 0 Å². The summed E-state index contributed by atoms with van der Waals surface area (Å²) in [5, 5.41) is 0. The van der Waals surface area contributed by atoms with Gasteiger partial charge in [0.25, 0.3) is 0 Å². The summed E-state index contributed by atoms with van der Waals surface area (Å²) < 4.78 is 16.7. The van der Waals surface area contributed by atoms with E-state index in [1.165, 1.54) is 64.2 Å². The predicted molar refractivity (Wildman–Crippen MR) is 242 cm³/mol. The van der Waals surface area contributed by atoms with Gasteiger partial charge in [0, 0.05) is 19.3 Å². The quantitative estimate of drug-likeness (QED) is 0.0265. The van der Waals surface area contributed by atoms with Gasteiger partial charge in [0.15, 0.2) is 6.10 Å². The lowest BCUT2D eigenvalue weighted by Crippen LogP contribution is -2.30. The second kappa shape index (κ2) is 45.8. The van der Waals surface area contributed by atoms with Crippen LogP contribution in [0.1, 0.15) is 226 Å². The van der Waals surface area contributed by atoms with Crippen molar-refractivity contribution in [1.29, 1.82) is 0 Å². The van der Waals surface area contributed by atoms with Crippen molar-refractivity contribution in [3.05, 3.63) is 60.8 Å². The number of unbranched alkanes of at least 4 members (excludes halogenated alkanes) is 21. The Hall–Kier alpha value is -2.89. The van der Waals surface area contributed by atoms with Gasteiger partial charge in [0.05, 0.1) is 0 Å². The number of carbonyl (C=O) groups excluding carboxylic acids is 3. The van der Waals surface area contributed by atoms with Crippen molar-refractivity contribution in [2.45, 2.75) is 232 Å². The number of esters is 3. The van der Waals surface area contributed by atoms with E-state index >= 15 is 0 Å². The van der Waals surface area contributed by atoms with Crippen LogP contribution in [0.2, 0.25) is 0 Å². The number of ether oxygens (including phenoxy) is 3. The fourth-order valence-electron chi connectivity index (χ4n) is 6.49. The summed E-state index contributed by atoms with van der Waals surface area (Å²) in [4.78, 5) is 37.8. The summed E-state index contributed by atoms with van der Waals surface area (Å²) in [6.45, 7) is 6.38. The van der Waals surface area contributed by atoms with Gasteiger partial charge in [-0.25, -0.2) is 0 Å². The summed E-state index contributed by atoms with van der Waals surface area (Å²) in [6.07, 6.45) is 54.9. The normalized spacial score (nSPS) is 12.5. The zero-order chi connectivity index (χ0) is 41.5. The maximum atomic E-state index is 12.7. The minimum Gasteiger partial charge on any atom is -0.462 e. The molecule has 6 heteroatoms. The van der Waals surface area contributed by atoms with Gasteiger partial charge in [0.1, 0.15) is 13.2 Å².